The van der Waals surface area contributed by atoms with E-state index in [9.17, 15) is 5.11 Å². The average molecular weight is 429 g/mol. The standard InChI is InChI=1S/C24H28N2O3.ClH/c1-28-24-11-5-4-10-22(24)26-15-13-25(14-16-26)17-20(27)18-29-23-12-6-8-19-7-2-3-9-21(19)23;/h2-12,20,27H,13-18H2,1H3;1H. The number of halogens is 1. The average Bonchev–Trinajstić information content (AvgIpc) is 2.78. The number of fused-ring (bicyclic) bond motifs is 1. The van der Waals surface area contributed by atoms with E-state index in [2.05, 4.69) is 28.0 Å². The molecule has 3 aromatic carbocycles. The molecular formula is C24H29ClN2O3. The number of β-amino-alcohol motifs (C(OH)–C–C–N with tert-alkyl or cyclic N) is 1. The van der Waals surface area contributed by atoms with Crippen molar-refractivity contribution >= 4 is 16.5 Å². The molecule has 3 aromatic rings. The van der Waals surface area contributed by atoms with Crippen LogP contribution in [-0.4, -0.2) is 62.6 Å². The van der Waals surface area contributed by atoms with Crippen molar-refractivity contribution in [2.45, 2.75) is 6.10 Å². The van der Waals surface area contributed by atoms with Gasteiger partial charge in [0, 0.05) is 38.1 Å². The van der Waals surface area contributed by atoms with Gasteiger partial charge in [0.15, 0.2) is 0 Å². The molecule has 1 atom stereocenters. The Morgan fingerprint density at radius 1 is 0.900 bits per heavy atom. The molecule has 0 bridgehead atoms. The van der Waals surface area contributed by atoms with E-state index in [1.165, 1.54) is 0 Å². The maximum absolute atomic E-state index is 10.5. The number of para-hydroxylation sites is 2. The molecule has 1 N–H and O–H groups in total. The Morgan fingerprint density at radius 2 is 1.57 bits per heavy atom. The molecule has 30 heavy (non-hydrogen) atoms. The highest BCUT2D eigenvalue weighted by Gasteiger charge is 2.21. The predicted molar refractivity (Wildman–Crippen MR) is 118 cm³/mol. The van der Waals surface area contributed by atoms with E-state index in [0.717, 1.165) is 54.1 Å². The van der Waals surface area contributed by atoms with Crippen LogP contribution in [0.25, 0.3) is 10.8 Å². The highest BCUT2D eigenvalue weighted by atomic mass is 35.5. The summed E-state index contributed by atoms with van der Waals surface area (Å²) in [6.45, 7) is 4.55. The number of hydrogen-bond acceptors (Lipinski definition) is 5. The number of nitrogens with zero attached hydrogens (tertiary/aromatic N) is 2. The maximum atomic E-state index is 10.5. The van der Waals surface area contributed by atoms with Crippen LogP contribution in [0.5, 0.6) is 11.5 Å². The number of anilines is 1. The van der Waals surface area contributed by atoms with Gasteiger partial charge < -0.3 is 31.9 Å². The second-order valence-corrected chi connectivity index (χ2v) is 7.40. The van der Waals surface area contributed by atoms with Crippen LogP contribution in [0.3, 0.4) is 0 Å². The number of ether oxygens (including phenoxy) is 2. The van der Waals surface area contributed by atoms with Crippen molar-refractivity contribution in [2.75, 3.05) is 51.3 Å². The van der Waals surface area contributed by atoms with E-state index in [-0.39, 0.29) is 13.8 Å². The zero-order valence-corrected chi connectivity index (χ0v) is 18.0. The molecule has 1 unspecified atom stereocenters. The number of methoxy groups -OCH3 is 1. The van der Waals surface area contributed by atoms with Gasteiger partial charge >= 0.3 is 1.43 Å². The molecule has 0 aromatic heterocycles. The lowest BCUT2D eigenvalue weighted by Crippen LogP contribution is -3.00. The summed E-state index contributed by atoms with van der Waals surface area (Å²) in [4.78, 5) is 4.64. The monoisotopic (exact) mass is 428 g/mol. The van der Waals surface area contributed by atoms with Gasteiger partial charge in [-0.25, -0.2) is 0 Å². The molecule has 1 saturated heterocycles. The van der Waals surface area contributed by atoms with Gasteiger partial charge in [0.1, 0.15) is 24.2 Å². The summed E-state index contributed by atoms with van der Waals surface area (Å²) in [5.41, 5.74) is 1.13. The summed E-state index contributed by atoms with van der Waals surface area (Å²) >= 11 is 0. The summed E-state index contributed by atoms with van der Waals surface area (Å²) in [6.07, 6.45) is -0.522. The quantitative estimate of drug-likeness (QED) is 0.594. The molecule has 1 aliphatic heterocycles. The van der Waals surface area contributed by atoms with Crippen molar-refractivity contribution in [2.24, 2.45) is 0 Å². The first-order valence-electron chi connectivity index (χ1n) is 10.1. The number of aliphatic hydroxyl groups is 1. The minimum atomic E-state index is -0.522. The van der Waals surface area contributed by atoms with E-state index >= 15 is 0 Å². The molecule has 0 radical (unpaired) electrons. The Labute approximate surface area is 185 Å². The second-order valence-electron chi connectivity index (χ2n) is 7.40. The molecule has 160 valence electrons. The molecule has 1 aliphatic rings. The van der Waals surface area contributed by atoms with E-state index < -0.39 is 6.10 Å². The van der Waals surface area contributed by atoms with Gasteiger partial charge in [-0.3, -0.25) is 4.90 Å². The van der Waals surface area contributed by atoms with Gasteiger partial charge in [-0.1, -0.05) is 48.5 Å². The maximum Gasteiger partial charge on any atom is 1.00 e. The molecule has 1 fully saturated rings. The van der Waals surface area contributed by atoms with Crippen LogP contribution in [0.1, 0.15) is 1.43 Å². The predicted octanol–water partition coefficient (Wildman–Crippen LogP) is 0.527. The van der Waals surface area contributed by atoms with Crippen LogP contribution in [0.2, 0.25) is 0 Å². The summed E-state index contributed by atoms with van der Waals surface area (Å²) in [5, 5.41) is 12.7. The zero-order valence-electron chi connectivity index (χ0n) is 18.2. The number of benzene rings is 3. The number of aliphatic hydroxyl groups excluding tert-OH is 1. The van der Waals surface area contributed by atoms with Gasteiger partial charge in [0.25, 0.3) is 0 Å². The Morgan fingerprint density at radius 3 is 2.37 bits per heavy atom. The summed E-state index contributed by atoms with van der Waals surface area (Å²) in [7, 11) is 1.71. The Hall–Kier alpha value is -2.47. The summed E-state index contributed by atoms with van der Waals surface area (Å²) < 4.78 is 11.4. The minimum absolute atomic E-state index is 0. The van der Waals surface area contributed by atoms with Crippen molar-refractivity contribution in [1.82, 2.24) is 4.90 Å². The Bertz CT molecular complexity index is 946. The Kier molecular flexibility index (Phi) is 7.80. The van der Waals surface area contributed by atoms with Crippen molar-refractivity contribution in [3.63, 3.8) is 0 Å². The molecule has 0 amide bonds. The third-order valence-corrected chi connectivity index (χ3v) is 5.45. The molecular weight excluding hydrogens is 400 g/mol. The number of rotatable bonds is 7. The fourth-order valence-corrected chi connectivity index (χ4v) is 3.92. The van der Waals surface area contributed by atoms with E-state index in [4.69, 9.17) is 9.47 Å². The largest absolute Gasteiger partial charge is 1.00 e. The van der Waals surface area contributed by atoms with Crippen LogP contribution < -0.4 is 26.8 Å². The van der Waals surface area contributed by atoms with Gasteiger partial charge in [-0.2, -0.15) is 0 Å². The number of piperazine rings is 1. The van der Waals surface area contributed by atoms with E-state index in [0.29, 0.717) is 13.2 Å². The molecule has 5 nitrogen and oxygen atoms in total. The SMILES string of the molecule is COc1ccccc1N1CCN(CC(O)COc2cccc3ccccc23)CC1.[Cl-].[H+]. The summed E-state index contributed by atoms with van der Waals surface area (Å²) in [5.74, 6) is 1.73. The lowest BCUT2D eigenvalue weighted by atomic mass is 10.1. The van der Waals surface area contributed by atoms with Crippen LogP contribution >= 0.6 is 0 Å². The molecule has 0 aliphatic carbocycles. The third-order valence-electron chi connectivity index (χ3n) is 5.45. The smallest absolute Gasteiger partial charge is 1.00 e. The second kappa shape index (κ2) is 10.5. The first-order valence-corrected chi connectivity index (χ1v) is 10.1. The minimum Gasteiger partial charge on any atom is -1.00 e. The van der Waals surface area contributed by atoms with Crippen LogP contribution in [-0.2, 0) is 0 Å². The van der Waals surface area contributed by atoms with E-state index in [1.807, 2.05) is 48.5 Å². The van der Waals surface area contributed by atoms with Crippen molar-refractivity contribution in [3.8, 4) is 11.5 Å². The molecule has 0 spiro atoms. The van der Waals surface area contributed by atoms with Gasteiger partial charge in [0.05, 0.1) is 12.8 Å². The van der Waals surface area contributed by atoms with Crippen LogP contribution in [0, 0.1) is 0 Å². The van der Waals surface area contributed by atoms with Crippen LogP contribution in [0.4, 0.5) is 5.69 Å². The topological polar surface area (TPSA) is 45.2 Å². The fourth-order valence-electron chi connectivity index (χ4n) is 3.92. The molecule has 0 saturated carbocycles. The van der Waals surface area contributed by atoms with Crippen molar-refractivity contribution in [3.05, 3.63) is 66.7 Å². The normalized spacial score (nSPS) is 15.5. The third kappa shape index (κ3) is 5.17. The van der Waals surface area contributed by atoms with E-state index in [1.54, 1.807) is 7.11 Å². The first kappa shape index (κ1) is 22.2. The molecule has 6 heteroatoms. The van der Waals surface area contributed by atoms with Gasteiger partial charge in [0.2, 0.25) is 0 Å². The first-order chi connectivity index (χ1) is 14.2. The van der Waals surface area contributed by atoms with Gasteiger partial charge in [-0.05, 0) is 23.6 Å². The molecule has 4 rings (SSSR count). The lowest BCUT2D eigenvalue weighted by Gasteiger charge is -2.37. The molecule has 1 heterocycles. The lowest BCUT2D eigenvalue weighted by molar-refractivity contribution is -0.00000829. The van der Waals surface area contributed by atoms with Crippen molar-refractivity contribution < 1.29 is 28.4 Å². The van der Waals surface area contributed by atoms with Gasteiger partial charge in [-0.15, -0.1) is 0 Å². The summed E-state index contributed by atoms with van der Waals surface area (Å²) in [6, 6.07) is 22.3. The van der Waals surface area contributed by atoms with Crippen LogP contribution in [0.15, 0.2) is 66.7 Å². The van der Waals surface area contributed by atoms with Crippen molar-refractivity contribution in [1.29, 1.82) is 0 Å². The highest BCUT2D eigenvalue weighted by molar-refractivity contribution is 5.88. The highest BCUT2D eigenvalue weighted by Crippen LogP contribution is 2.28. The number of hydrogen-bond donors (Lipinski definition) is 1. The zero-order chi connectivity index (χ0) is 20.1. The Balaban J connectivity index is 0.00000171. The fraction of sp³-hybridized carbons (Fsp3) is 0.333.